The van der Waals surface area contributed by atoms with Gasteiger partial charge in [-0.2, -0.15) is 5.26 Å². The maximum absolute atomic E-state index is 11.4. The lowest BCUT2D eigenvalue weighted by atomic mass is 10.4. The van der Waals surface area contributed by atoms with Crippen molar-refractivity contribution in [3.05, 3.63) is 0 Å². The van der Waals surface area contributed by atoms with Crippen molar-refractivity contribution >= 4 is 23.5 Å². The number of imide groups is 1. The van der Waals surface area contributed by atoms with Crippen molar-refractivity contribution in [3.63, 3.8) is 0 Å². The molecule has 0 aromatic heterocycles. The van der Waals surface area contributed by atoms with E-state index in [1.807, 2.05) is 6.07 Å². The molecule has 0 bridgehead atoms. The van der Waals surface area contributed by atoms with Crippen molar-refractivity contribution in [2.45, 2.75) is 25.6 Å². The van der Waals surface area contributed by atoms with E-state index < -0.39 is 17.3 Å². The van der Waals surface area contributed by atoms with E-state index in [4.69, 9.17) is 16.9 Å². The molecule has 0 aromatic rings. The summed E-state index contributed by atoms with van der Waals surface area (Å²) < 4.78 is 0. The topological polar surface area (TPSA) is 73.2 Å². The fourth-order valence-corrected chi connectivity index (χ4v) is 0.927. The number of alkyl halides is 1. The first-order chi connectivity index (χ1) is 7.02. The van der Waals surface area contributed by atoms with Gasteiger partial charge in [-0.3, -0.25) is 10.1 Å². The molecular weight excluding hydrogens is 218 g/mol. The van der Waals surface area contributed by atoms with Gasteiger partial charge in [0.2, 0.25) is 5.91 Å². The molecule has 1 N–H and O–H groups in total. The summed E-state index contributed by atoms with van der Waals surface area (Å²) in [6, 6.07) is 1.42. The van der Waals surface area contributed by atoms with Crippen LogP contribution in [-0.4, -0.2) is 35.3 Å². The molecule has 1 atom stereocenters. The van der Waals surface area contributed by atoms with Gasteiger partial charge in [0.15, 0.2) is 0 Å². The number of nitrogens with zero attached hydrogens (tertiary/aromatic N) is 2. The van der Waals surface area contributed by atoms with E-state index in [-0.39, 0.29) is 6.42 Å². The Morgan fingerprint density at radius 1 is 1.60 bits per heavy atom. The normalized spacial score (nSPS) is 11.3. The highest BCUT2D eigenvalue weighted by atomic mass is 35.5. The van der Waals surface area contributed by atoms with Crippen LogP contribution in [0.4, 0.5) is 4.79 Å². The zero-order valence-corrected chi connectivity index (χ0v) is 9.54. The molecule has 0 aromatic carbocycles. The molecule has 84 valence electrons. The van der Waals surface area contributed by atoms with E-state index in [9.17, 15) is 9.59 Å². The average molecular weight is 232 g/mol. The van der Waals surface area contributed by atoms with Crippen LogP contribution in [0, 0.1) is 11.3 Å². The van der Waals surface area contributed by atoms with Gasteiger partial charge in [0.25, 0.3) is 0 Å². The highest BCUT2D eigenvalue weighted by Gasteiger charge is 2.17. The molecule has 0 radical (unpaired) electrons. The lowest BCUT2D eigenvalue weighted by molar-refractivity contribution is -0.119. The molecular formula is C9H14ClN3O2. The van der Waals surface area contributed by atoms with E-state index in [2.05, 4.69) is 5.32 Å². The summed E-state index contributed by atoms with van der Waals surface area (Å²) in [5, 5.41) is 9.77. The van der Waals surface area contributed by atoms with Gasteiger partial charge >= 0.3 is 6.03 Å². The molecule has 3 amide bonds. The molecule has 0 saturated heterocycles. The van der Waals surface area contributed by atoms with Crippen LogP contribution in [0.5, 0.6) is 0 Å². The summed E-state index contributed by atoms with van der Waals surface area (Å²) in [4.78, 5) is 23.9. The molecule has 0 heterocycles. The molecule has 1 unspecified atom stereocenters. The fraction of sp³-hybridized carbons (Fsp3) is 0.667. The summed E-state index contributed by atoms with van der Waals surface area (Å²) >= 11 is 5.49. The lowest BCUT2D eigenvalue weighted by Gasteiger charge is -2.19. The fourth-order valence-electron chi connectivity index (χ4n) is 0.872. The van der Waals surface area contributed by atoms with Gasteiger partial charge in [-0.25, -0.2) is 4.79 Å². The number of hydrogen-bond acceptors (Lipinski definition) is 3. The lowest BCUT2D eigenvalue weighted by Crippen LogP contribution is -2.45. The van der Waals surface area contributed by atoms with Crippen LogP contribution in [0.15, 0.2) is 0 Å². The van der Waals surface area contributed by atoms with Crippen LogP contribution in [-0.2, 0) is 4.79 Å². The second-order valence-corrected chi connectivity index (χ2v) is 3.55. The predicted molar refractivity (Wildman–Crippen MR) is 56.3 cm³/mol. The smallest absolute Gasteiger partial charge is 0.324 e. The van der Waals surface area contributed by atoms with Gasteiger partial charge in [0.05, 0.1) is 12.5 Å². The van der Waals surface area contributed by atoms with Crippen LogP contribution in [0.1, 0.15) is 20.3 Å². The molecule has 15 heavy (non-hydrogen) atoms. The molecule has 6 heteroatoms. The van der Waals surface area contributed by atoms with Gasteiger partial charge in [0, 0.05) is 13.1 Å². The van der Waals surface area contributed by atoms with Crippen molar-refractivity contribution in [3.8, 4) is 6.07 Å². The average Bonchev–Trinajstić information content (AvgIpc) is 2.18. The predicted octanol–water partition coefficient (Wildman–Crippen LogP) is 1.09. The molecule has 5 nitrogen and oxygen atoms in total. The second-order valence-electron chi connectivity index (χ2n) is 2.90. The Morgan fingerprint density at radius 2 is 2.20 bits per heavy atom. The Morgan fingerprint density at radius 3 is 2.60 bits per heavy atom. The Kier molecular flexibility index (Phi) is 6.47. The number of nitrogens with one attached hydrogen (secondary N) is 1. The van der Waals surface area contributed by atoms with Crippen molar-refractivity contribution in [1.82, 2.24) is 10.2 Å². The van der Waals surface area contributed by atoms with Gasteiger partial charge in [0.1, 0.15) is 5.38 Å². The van der Waals surface area contributed by atoms with E-state index in [0.717, 1.165) is 0 Å². The third kappa shape index (κ3) is 5.23. The summed E-state index contributed by atoms with van der Waals surface area (Å²) in [5.74, 6) is -0.530. The monoisotopic (exact) mass is 231 g/mol. The van der Waals surface area contributed by atoms with Crippen molar-refractivity contribution in [2.24, 2.45) is 0 Å². The zero-order chi connectivity index (χ0) is 11.8. The van der Waals surface area contributed by atoms with Crippen molar-refractivity contribution < 1.29 is 9.59 Å². The Hall–Kier alpha value is -1.28. The summed E-state index contributed by atoms with van der Waals surface area (Å²) in [5.41, 5.74) is 0. The number of urea groups is 1. The molecule has 0 spiro atoms. The zero-order valence-electron chi connectivity index (χ0n) is 8.79. The Balaban J connectivity index is 4.16. The van der Waals surface area contributed by atoms with Gasteiger partial charge in [-0.05, 0) is 13.8 Å². The molecule has 0 aliphatic rings. The number of nitriles is 1. The summed E-state index contributed by atoms with van der Waals surface area (Å²) in [6.45, 7) is 4.00. The first-order valence-corrected chi connectivity index (χ1v) is 5.07. The molecule has 0 saturated carbocycles. The van der Waals surface area contributed by atoms with Gasteiger partial charge < -0.3 is 4.90 Å². The second kappa shape index (κ2) is 7.07. The Labute approximate surface area is 94.0 Å². The van der Waals surface area contributed by atoms with Gasteiger partial charge in [-0.15, -0.1) is 11.6 Å². The minimum Gasteiger partial charge on any atom is -0.324 e. The minimum atomic E-state index is -0.747. The van der Waals surface area contributed by atoms with Gasteiger partial charge in [-0.1, -0.05) is 0 Å². The van der Waals surface area contributed by atoms with E-state index >= 15 is 0 Å². The largest absolute Gasteiger partial charge is 0.324 e. The first kappa shape index (κ1) is 13.7. The van der Waals surface area contributed by atoms with E-state index in [1.165, 1.54) is 11.8 Å². The maximum Gasteiger partial charge on any atom is 0.324 e. The van der Waals surface area contributed by atoms with Crippen LogP contribution < -0.4 is 5.32 Å². The summed E-state index contributed by atoms with van der Waals surface area (Å²) in [6.07, 6.45) is 0.242. The van der Waals surface area contributed by atoms with E-state index in [0.29, 0.717) is 13.1 Å². The van der Waals surface area contributed by atoms with Crippen LogP contribution >= 0.6 is 11.6 Å². The quantitative estimate of drug-likeness (QED) is 0.736. The number of rotatable bonds is 4. The Bertz CT molecular complexity index is 273. The molecule has 0 aliphatic carbocycles. The summed E-state index contributed by atoms with van der Waals surface area (Å²) in [7, 11) is 0. The first-order valence-electron chi connectivity index (χ1n) is 4.63. The number of halogens is 1. The third-order valence-corrected chi connectivity index (χ3v) is 1.95. The molecule has 0 aliphatic heterocycles. The highest BCUT2D eigenvalue weighted by Crippen LogP contribution is 1.96. The highest BCUT2D eigenvalue weighted by molar-refractivity contribution is 6.31. The minimum absolute atomic E-state index is 0.242. The third-order valence-electron chi connectivity index (χ3n) is 1.75. The van der Waals surface area contributed by atoms with Crippen LogP contribution in [0.25, 0.3) is 0 Å². The van der Waals surface area contributed by atoms with Crippen molar-refractivity contribution in [1.29, 1.82) is 5.26 Å². The van der Waals surface area contributed by atoms with E-state index in [1.54, 1.807) is 6.92 Å². The standard InChI is InChI=1S/C9H14ClN3O2/c1-3-13(6-4-5-11)9(15)12-8(14)7(2)10/h7H,3-4,6H2,1-2H3,(H,12,14,15). The SMILES string of the molecule is CCN(CCC#N)C(=O)NC(=O)C(C)Cl. The maximum atomic E-state index is 11.4. The number of carbonyl (C=O) groups excluding carboxylic acids is 2. The molecule has 0 fully saturated rings. The van der Waals surface area contributed by atoms with Crippen LogP contribution in [0.2, 0.25) is 0 Å². The number of hydrogen-bond donors (Lipinski definition) is 1. The van der Waals surface area contributed by atoms with Crippen LogP contribution in [0.3, 0.4) is 0 Å². The number of carbonyl (C=O) groups is 2. The number of amides is 3. The molecule has 0 rings (SSSR count). The van der Waals surface area contributed by atoms with Crippen molar-refractivity contribution in [2.75, 3.05) is 13.1 Å².